The quantitative estimate of drug-likeness (QED) is 0.844. The number of hydrogen-bond donors (Lipinski definition) is 0. The third kappa shape index (κ3) is 3.61. The molecule has 1 fully saturated rings. The van der Waals surface area contributed by atoms with Crippen LogP contribution in [-0.2, 0) is 21.2 Å². The molecule has 0 saturated carbocycles. The van der Waals surface area contributed by atoms with Gasteiger partial charge >= 0.3 is 0 Å². The van der Waals surface area contributed by atoms with Crippen LogP contribution in [0.3, 0.4) is 0 Å². The van der Waals surface area contributed by atoms with E-state index in [9.17, 15) is 13.2 Å². The fourth-order valence-electron chi connectivity index (χ4n) is 2.82. The molecule has 2 aromatic rings. The van der Waals surface area contributed by atoms with E-state index >= 15 is 0 Å². The summed E-state index contributed by atoms with van der Waals surface area (Å²) in [7, 11) is -1.34. The smallest absolute Gasteiger partial charge is 0.226 e. The minimum Gasteiger partial charge on any atom is -0.341 e. The molecule has 2 heterocycles. The van der Waals surface area contributed by atoms with E-state index in [4.69, 9.17) is 0 Å². The van der Waals surface area contributed by atoms with Crippen molar-refractivity contribution in [3.63, 3.8) is 0 Å². The minimum absolute atomic E-state index is 0.0283. The van der Waals surface area contributed by atoms with Crippen LogP contribution in [0.25, 0.3) is 5.69 Å². The lowest BCUT2D eigenvalue weighted by molar-refractivity contribution is -0.133. The second-order valence-electron chi connectivity index (χ2n) is 5.92. The van der Waals surface area contributed by atoms with Crippen LogP contribution in [-0.4, -0.2) is 47.6 Å². The SMILES string of the molecule is CN(Cc1cnn(-c2ccccc2)c1)C(=O)C1CCS(=O)(=O)C1. The van der Waals surface area contributed by atoms with Crippen LogP contribution in [0, 0.1) is 5.92 Å². The maximum atomic E-state index is 12.3. The molecule has 1 aliphatic rings. The van der Waals surface area contributed by atoms with Crippen molar-refractivity contribution in [1.29, 1.82) is 0 Å². The first kappa shape index (κ1) is 15.7. The van der Waals surface area contributed by atoms with E-state index in [1.54, 1.807) is 22.8 Å². The third-order valence-corrected chi connectivity index (χ3v) is 5.80. The van der Waals surface area contributed by atoms with Crippen LogP contribution in [0.4, 0.5) is 0 Å². The van der Waals surface area contributed by atoms with Crippen LogP contribution < -0.4 is 0 Å². The molecule has 1 aromatic heterocycles. The molecule has 1 atom stereocenters. The van der Waals surface area contributed by atoms with Crippen LogP contribution in [0.2, 0.25) is 0 Å². The Morgan fingerprint density at radius 1 is 1.35 bits per heavy atom. The number of aromatic nitrogens is 2. The Bertz CT molecular complexity index is 799. The van der Waals surface area contributed by atoms with Gasteiger partial charge in [-0.15, -0.1) is 0 Å². The van der Waals surface area contributed by atoms with Crippen molar-refractivity contribution in [3.8, 4) is 5.69 Å². The first-order chi connectivity index (χ1) is 10.9. The van der Waals surface area contributed by atoms with Crippen LogP contribution in [0.5, 0.6) is 0 Å². The van der Waals surface area contributed by atoms with Gasteiger partial charge in [0.2, 0.25) is 5.91 Å². The fraction of sp³-hybridized carbons (Fsp3) is 0.375. The topological polar surface area (TPSA) is 72.3 Å². The molecule has 0 radical (unpaired) electrons. The lowest BCUT2D eigenvalue weighted by atomic mass is 10.1. The Labute approximate surface area is 135 Å². The zero-order valence-corrected chi connectivity index (χ0v) is 13.7. The average Bonchev–Trinajstić information content (AvgIpc) is 3.14. The van der Waals surface area contributed by atoms with Gasteiger partial charge in [0.25, 0.3) is 0 Å². The summed E-state index contributed by atoms with van der Waals surface area (Å²) in [5.74, 6) is -0.435. The van der Waals surface area contributed by atoms with Gasteiger partial charge in [0.15, 0.2) is 9.84 Å². The summed E-state index contributed by atoms with van der Waals surface area (Å²) < 4.78 is 24.8. The number of carbonyl (C=O) groups excluding carboxylic acids is 1. The first-order valence-electron chi connectivity index (χ1n) is 7.49. The molecule has 0 bridgehead atoms. The normalized spacial score (nSPS) is 19.6. The first-order valence-corrected chi connectivity index (χ1v) is 9.31. The number of para-hydroxylation sites is 1. The lowest BCUT2D eigenvalue weighted by Crippen LogP contribution is -2.33. The molecule has 23 heavy (non-hydrogen) atoms. The summed E-state index contributed by atoms with van der Waals surface area (Å²) in [5.41, 5.74) is 1.86. The second kappa shape index (κ2) is 6.16. The Kier molecular flexibility index (Phi) is 4.21. The molecule has 0 aliphatic carbocycles. The van der Waals surface area contributed by atoms with Gasteiger partial charge in [-0.3, -0.25) is 4.79 Å². The highest BCUT2D eigenvalue weighted by Crippen LogP contribution is 2.21. The third-order valence-electron chi connectivity index (χ3n) is 4.03. The largest absolute Gasteiger partial charge is 0.341 e. The summed E-state index contributed by atoms with van der Waals surface area (Å²) in [4.78, 5) is 13.9. The van der Waals surface area contributed by atoms with Crippen molar-refractivity contribution in [1.82, 2.24) is 14.7 Å². The van der Waals surface area contributed by atoms with Gasteiger partial charge in [0, 0.05) is 25.4 Å². The highest BCUT2D eigenvalue weighted by Gasteiger charge is 2.34. The highest BCUT2D eigenvalue weighted by molar-refractivity contribution is 7.91. The molecule has 6 nitrogen and oxygen atoms in total. The second-order valence-corrected chi connectivity index (χ2v) is 8.15. The zero-order valence-electron chi connectivity index (χ0n) is 12.9. The zero-order chi connectivity index (χ0) is 16.4. The van der Waals surface area contributed by atoms with Crippen molar-refractivity contribution in [2.45, 2.75) is 13.0 Å². The number of rotatable bonds is 4. The van der Waals surface area contributed by atoms with E-state index in [0.717, 1.165) is 11.3 Å². The minimum atomic E-state index is -3.04. The lowest BCUT2D eigenvalue weighted by Gasteiger charge is -2.19. The molecular formula is C16H19N3O3S. The molecule has 1 amide bonds. The van der Waals surface area contributed by atoms with Crippen molar-refractivity contribution in [3.05, 3.63) is 48.3 Å². The van der Waals surface area contributed by atoms with E-state index in [2.05, 4.69) is 5.10 Å². The molecule has 7 heteroatoms. The van der Waals surface area contributed by atoms with Crippen molar-refractivity contribution in [2.75, 3.05) is 18.6 Å². The number of nitrogens with zero attached hydrogens (tertiary/aromatic N) is 3. The van der Waals surface area contributed by atoms with Crippen molar-refractivity contribution < 1.29 is 13.2 Å². The summed E-state index contributed by atoms with van der Waals surface area (Å²) in [6, 6.07) is 9.72. The number of hydrogen-bond acceptors (Lipinski definition) is 4. The van der Waals surface area contributed by atoms with E-state index in [1.165, 1.54) is 0 Å². The van der Waals surface area contributed by atoms with E-state index < -0.39 is 15.8 Å². The fourth-order valence-corrected chi connectivity index (χ4v) is 4.55. The van der Waals surface area contributed by atoms with Crippen molar-refractivity contribution in [2.24, 2.45) is 5.92 Å². The van der Waals surface area contributed by atoms with Gasteiger partial charge in [0.05, 0.1) is 29.3 Å². The summed E-state index contributed by atoms with van der Waals surface area (Å²) in [5, 5.41) is 4.30. The Morgan fingerprint density at radius 3 is 2.74 bits per heavy atom. The number of carbonyl (C=O) groups is 1. The van der Waals surface area contributed by atoms with Gasteiger partial charge in [-0.25, -0.2) is 13.1 Å². The summed E-state index contributed by atoms with van der Waals surface area (Å²) >= 11 is 0. The van der Waals surface area contributed by atoms with Gasteiger partial charge < -0.3 is 4.90 Å². The highest BCUT2D eigenvalue weighted by atomic mass is 32.2. The van der Waals surface area contributed by atoms with Crippen molar-refractivity contribution >= 4 is 15.7 Å². The molecule has 1 saturated heterocycles. The van der Waals surface area contributed by atoms with Crippen LogP contribution in [0.1, 0.15) is 12.0 Å². The summed E-state index contributed by atoms with van der Waals surface area (Å²) in [6.07, 6.45) is 4.03. The Balaban J connectivity index is 1.65. The summed E-state index contributed by atoms with van der Waals surface area (Å²) in [6.45, 7) is 0.419. The molecule has 1 aliphatic heterocycles. The molecule has 1 aromatic carbocycles. The number of amides is 1. The molecule has 0 N–H and O–H groups in total. The van der Waals surface area contributed by atoms with E-state index in [1.807, 2.05) is 36.5 Å². The molecule has 1 unspecified atom stereocenters. The van der Waals surface area contributed by atoms with Crippen LogP contribution in [0.15, 0.2) is 42.7 Å². The standard InChI is InChI=1S/C16H19N3O3S/c1-18(16(20)14-7-8-23(21,22)12-14)10-13-9-17-19(11-13)15-5-3-2-4-6-15/h2-6,9,11,14H,7-8,10,12H2,1H3. The predicted octanol–water partition coefficient (Wildman–Crippen LogP) is 1.27. The van der Waals surface area contributed by atoms with Gasteiger partial charge in [0.1, 0.15) is 0 Å². The molecular weight excluding hydrogens is 314 g/mol. The molecule has 122 valence electrons. The Morgan fingerprint density at radius 2 is 2.09 bits per heavy atom. The Hall–Kier alpha value is -2.15. The molecule has 0 spiro atoms. The van der Waals surface area contributed by atoms with Gasteiger partial charge in [-0.05, 0) is 18.6 Å². The van der Waals surface area contributed by atoms with Gasteiger partial charge in [-0.2, -0.15) is 5.10 Å². The predicted molar refractivity (Wildman–Crippen MR) is 86.8 cm³/mol. The maximum Gasteiger partial charge on any atom is 0.226 e. The molecule has 3 rings (SSSR count). The van der Waals surface area contributed by atoms with E-state index in [0.29, 0.717) is 13.0 Å². The monoisotopic (exact) mass is 333 g/mol. The average molecular weight is 333 g/mol. The van der Waals surface area contributed by atoms with E-state index in [-0.39, 0.29) is 17.4 Å². The number of sulfone groups is 1. The number of benzene rings is 1. The van der Waals surface area contributed by atoms with Crippen LogP contribution >= 0.6 is 0 Å². The van der Waals surface area contributed by atoms with Gasteiger partial charge in [-0.1, -0.05) is 18.2 Å². The maximum absolute atomic E-state index is 12.3.